The van der Waals surface area contributed by atoms with Gasteiger partial charge >= 0.3 is 0 Å². The Morgan fingerprint density at radius 1 is 0.966 bits per heavy atom. The third kappa shape index (κ3) is 4.07. The maximum atomic E-state index is 6.10. The summed E-state index contributed by atoms with van der Waals surface area (Å²) in [5, 5.41) is 9.25. The summed E-state index contributed by atoms with van der Waals surface area (Å²) in [4.78, 5) is 12.5. The van der Waals surface area contributed by atoms with E-state index < -0.39 is 0 Å². The van der Waals surface area contributed by atoms with Crippen molar-refractivity contribution in [1.82, 2.24) is 20.3 Å². The molecule has 2 aromatic heterocycles. The Morgan fingerprint density at radius 3 is 2.66 bits per heavy atom. The molecule has 29 heavy (non-hydrogen) atoms. The first kappa shape index (κ1) is 18.4. The summed E-state index contributed by atoms with van der Waals surface area (Å²) in [5.74, 6) is 1.01. The third-order valence-electron chi connectivity index (χ3n) is 5.79. The fraction of sp³-hybridized carbons (Fsp3) is 0.304. The SMILES string of the molecule is Clc1ccc2c(NC3CCC(NCc4nc5ccccc5[nH]4)CC3)ccnc2c1. The number of hydrogen-bond donors (Lipinski definition) is 3. The zero-order chi connectivity index (χ0) is 19.6. The first-order chi connectivity index (χ1) is 14.2. The van der Waals surface area contributed by atoms with Gasteiger partial charge in [0.05, 0.1) is 23.1 Å². The van der Waals surface area contributed by atoms with Crippen LogP contribution < -0.4 is 10.6 Å². The number of nitrogens with one attached hydrogen (secondary N) is 3. The zero-order valence-corrected chi connectivity index (χ0v) is 16.9. The molecule has 1 saturated carbocycles. The van der Waals surface area contributed by atoms with Crippen molar-refractivity contribution in [1.29, 1.82) is 0 Å². The number of nitrogens with zero attached hydrogens (tertiary/aromatic N) is 2. The molecular weight excluding hydrogens is 382 g/mol. The van der Waals surface area contributed by atoms with Gasteiger partial charge < -0.3 is 15.6 Å². The molecule has 0 amide bonds. The minimum atomic E-state index is 0.487. The van der Waals surface area contributed by atoms with Crippen molar-refractivity contribution in [3.63, 3.8) is 0 Å². The molecule has 1 fully saturated rings. The summed E-state index contributed by atoms with van der Waals surface area (Å²) >= 11 is 6.10. The number of aromatic amines is 1. The molecule has 4 aromatic rings. The number of rotatable bonds is 5. The number of benzene rings is 2. The van der Waals surface area contributed by atoms with E-state index in [2.05, 4.69) is 37.7 Å². The van der Waals surface area contributed by atoms with E-state index in [0.717, 1.165) is 70.7 Å². The second kappa shape index (κ2) is 8.01. The molecule has 5 nitrogen and oxygen atoms in total. The molecule has 0 spiro atoms. The van der Waals surface area contributed by atoms with E-state index in [1.807, 2.05) is 42.6 Å². The van der Waals surface area contributed by atoms with Crippen LogP contribution in [0.2, 0.25) is 5.02 Å². The van der Waals surface area contributed by atoms with Crippen molar-refractivity contribution in [2.75, 3.05) is 5.32 Å². The van der Waals surface area contributed by atoms with Crippen LogP contribution >= 0.6 is 11.6 Å². The lowest BCUT2D eigenvalue weighted by Gasteiger charge is -2.30. The number of aromatic nitrogens is 3. The maximum Gasteiger partial charge on any atom is 0.121 e. The fourth-order valence-corrected chi connectivity index (χ4v) is 4.41. The molecule has 148 valence electrons. The number of fused-ring (bicyclic) bond motifs is 2. The number of anilines is 1. The summed E-state index contributed by atoms with van der Waals surface area (Å²) in [6, 6.07) is 17.1. The Morgan fingerprint density at radius 2 is 1.79 bits per heavy atom. The van der Waals surface area contributed by atoms with Crippen LogP contribution in [0.3, 0.4) is 0 Å². The summed E-state index contributed by atoms with van der Waals surface area (Å²) in [7, 11) is 0. The lowest BCUT2D eigenvalue weighted by Crippen LogP contribution is -2.36. The standard InChI is InChI=1S/C23H24ClN5/c24-15-5-10-18-19(11-12-25-22(18)13-15)27-17-8-6-16(7-9-17)26-14-23-28-20-3-1-2-4-21(20)29-23/h1-5,10-13,16-17,26H,6-9,14H2,(H,25,27)(H,28,29). The highest BCUT2D eigenvalue weighted by atomic mass is 35.5. The van der Waals surface area contributed by atoms with E-state index >= 15 is 0 Å². The second-order valence-corrected chi connectivity index (χ2v) is 8.23. The van der Waals surface area contributed by atoms with Crippen molar-refractivity contribution >= 4 is 39.2 Å². The average molecular weight is 406 g/mol. The number of imidazole rings is 1. The Kier molecular flexibility index (Phi) is 5.08. The van der Waals surface area contributed by atoms with E-state index in [1.54, 1.807) is 0 Å². The number of hydrogen-bond acceptors (Lipinski definition) is 4. The highest BCUT2D eigenvalue weighted by Gasteiger charge is 2.21. The summed E-state index contributed by atoms with van der Waals surface area (Å²) in [5.41, 5.74) is 4.21. The fourth-order valence-electron chi connectivity index (χ4n) is 4.24. The van der Waals surface area contributed by atoms with E-state index in [4.69, 9.17) is 11.6 Å². The minimum absolute atomic E-state index is 0.487. The van der Waals surface area contributed by atoms with Crippen LogP contribution in [0.4, 0.5) is 5.69 Å². The molecule has 5 rings (SSSR count). The van der Waals surface area contributed by atoms with Crippen molar-refractivity contribution in [3.8, 4) is 0 Å². The van der Waals surface area contributed by atoms with E-state index in [1.165, 1.54) is 0 Å². The van der Waals surface area contributed by atoms with E-state index in [0.29, 0.717) is 12.1 Å². The van der Waals surface area contributed by atoms with Gasteiger partial charge in [0.1, 0.15) is 5.82 Å². The van der Waals surface area contributed by atoms with Crippen molar-refractivity contribution in [2.24, 2.45) is 0 Å². The Bertz CT molecular complexity index is 1100. The lowest BCUT2D eigenvalue weighted by atomic mass is 9.91. The van der Waals surface area contributed by atoms with E-state index in [-0.39, 0.29) is 0 Å². The van der Waals surface area contributed by atoms with E-state index in [9.17, 15) is 0 Å². The topological polar surface area (TPSA) is 65.6 Å². The molecule has 0 atom stereocenters. The summed E-state index contributed by atoms with van der Waals surface area (Å²) in [6.45, 7) is 0.785. The monoisotopic (exact) mass is 405 g/mol. The van der Waals surface area contributed by atoms with Crippen LogP contribution in [-0.2, 0) is 6.54 Å². The first-order valence-electron chi connectivity index (χ1n) is 10.2. The molecule has 2 heterocycles. The van der Waals surface area contributed by atoms with Gasteiger partial charge in [0.15, 0.2) is 0 Å². The smallest absolute Gasteiger partial charge is 0.121 e. The molecule has 0 unspecified atom stereocenters. The van der Waals surface area contributed by atoms with Crippen molar-refractivity contribution in [2.45, 2.75) is 44.3 Å². The van der Waals surface area contributed by atoms with Gasteiger partial charge in [0.25, 0.3) is 0 Å². The quantitative estimate of drug-likeness (QED) is 0.422. The van der Waals surface area contributed by atoms with Crippen LogP contribution in [0.15, 0.2) is 54.7 Å². The van der Waals surface area contributed by atoms with Crippen LogP contribution in [-0.4, -0.2) is 27.0 Å². The van der Waals surface area contributed by atoms with Gasteiger partial charge in [-0.25, -0.2) is 4.98 Å². The van der Waals surface area contributed by atoms with Crippen LogP contribution in [0.25, 0.3) is 21.9 Å². The maximum absolute atomic E-state index is 6.10. The zero-order valence-electron chi connectivity index (χ0n) is 16.2. The normalized spacial score (nSPS) is 19.6. The Labute approximate surface area is 174 Å². The van der Waals surface area contributed by atoms with Gasteiger partial charge in [-0.1, -0.05) is 23.7 Å². The molecule has 0 radical (unpaired) electrons. The molecule has 0 bridgehead atoms. The molecular formula is C23H24ClN5. The van der Waals surface area contributed by atoms with Crippen molar-refractivity contribution in [3.05, 3.63) is 65.6 Å². The molecule has 0 aliphatic heterocycles. The number of halogens is 1. The molecule has 0 saturated heterocycles. The van der Waals surface area contributed by atoms with Crippen LogP contribution in [0.1, 0.15) is 31.5 Å². The van der Waals surface area contributed by atoms with Gasteiger partial charge in [-0.15, -0.1) is 0 Å². The van der Waals surface area contributed by atoms with Crippen molar-refractivity contribution < 1.29 is 0 Å². The molecule has 3 N–H and O–H groups in total. The number of pyridine rings is 1. The number of para-hydroxylation sites is 2. The van der Waals surface area contributed by atoms with Gasteiger partial charge in [-0.3, -0.25) is 4.98 Å². The second-order valence-electron chi connectivity index (χ2n) is 7.79. The lowest BCUT2D eigenvalue weighted by molar-refractivity contribution is 0.351. The van der Waals surface area contributed by atoms with Gasteiger partial charge in [0, 0.05) is 34.4 Å². The molecule has 1 aliphatic carbocycles. The van der Waals surface area contributed by atoms with Crippen LogP contribution in [0, 0.1) is 0 Å². The molecule has 1 aliphatic rings. The first-order valence-corrected chi connectivity index (χ1v) is 10.6. The van der Waals surface area contributed by atoms with Gasteiger partial charge in [-0.2, -0.15) is 0 Å². The Hall–Kier alpha value is -2.63. The largest absolute Gasteiger partial charge is 0.382 e. The highest BCUT2D eigenvalue weighted by Crippen LogP contribution is 2.28. The summed E-state index contributed by atoms with van der Waals surface area (Å²) < 4.78 is 0. The predicted molar refractivity (Wildman–Crippen MR) is 119 cm³/mol. The molecule has 2 aromatic carbocycles. The third-order valence-corrected chi connectivity index (χ3v) is 6.02. The van der Waals surface area contributed by atoms with Gasteiger partial charge in [-0.05, 0) is 62.1 Å². The van der Waals surface area contributed by atoms with Gasteiger partial charge in [0.2, 0.25) is 0 Å². The predicted octanol–water partition coefficient (Wildman–Crippen LogP) is 5.28. The average Bonchev–Trinajstić information content (AvgIpc) is 3.16. The van der Waals surface area contributed by atoms with Crippen LogP contribution in [0.5, 0.6) is 0 Å². The summed E-state index contributed by atoms with van der Waals surface area (Å²) in [6.07, 6.45) is 6.46. The minimum Gasteiger partial charge on any atom is -0.382 e. The Balaban J connectivity index is 1.17. The number of H-pyrrole nitrogens is 1. The molecule has 6 heteroatoms. The highest BCUT2D eigenvalue weighted by molar-refractivity contribution is 6.31.